The van der Waals surface area contributed by atoms with Crippen LogP contribution in [0.5, 0.6) is 0 Å². The summed E-state index contributed by atoms with van der Waals surface area (Å²) in [5.41, 5.74) is 2.49. The topological polar surface area (TPSA) is 37.4 Å². The molecule has 0 bridgehead atoms. The number of hydrogen-bond donors (Lipinski definition) is 0. The van der Waals surface area contributed by atoms with Gasteiger partial charge in [0.15, 0.2) is 0 Å². The fraction of sp³-hybridized carbons (Fsp3) is 0.286. The molecule has 0 aromatic heterocycles. The fourth-order valence-corrected chi connectivity index (χ4v) is 2.71. The maximum atomic E-state index is 12.3. The number of para-hydroxylation sites is 1. The lowest BCUT2D eigenvalue weighted by molar-refractivity contribution is -0.122. The molecule has 17 heavy (non-hydrogen) atoms. The Labute approximate surface area is 99.7 Å². The van der Waals surface area contributed by atoms with E-state index in [1.54, 1.807) is 12.1 Å². The highest BCUT2D eigenvalue weighted by Crippen LogP contribution is 2.40. The molecule has 1 aliphatic carbocycles. The summed E-state index contributed by atoms with van der Waals surface area (Å²) < 4.78 is 0. The minimum atomic E-state index is -0.192. The van der Waals surface area contributed by atoms with Crippen molar-refractivity contribution in [2.75, 3.05) is 4.90 Å². The summed E-state index contributed by atoms with van der Waals surface area (Å²) in [4.78, 5) is 25.8. The Morgan fingerprint density at radius 2 is 1.88 bits per heavy atom. The monoisotopic (exact) mass is 227 g/mol. The minimum absolute atomic E-state index is 0.0620. The van der Waals surface area contributed by atoms with Crippen LogP contribution in [0.4, 0.5) is 5.69 Å². The zero-order valence-electron chi connectivity index (χ0n) is 9.64. The molecule has 1 aromatic rings. The molecular weight excluding hydrogens is 214 g/mol. The first kappa shape index (κ1) is 10.3. The fourth-order valence-electron chi connectivity index (χ4n) is 2.71. The summed E-state index contributed by atoms with van der Waals surface area (Å²) in [5, 5.41) is 0. The van der Waals surface area contributed by atoms with E-state index in [1.165, 1.54) is 4.90 Å². The zero-order valence-corrected chi connectivity index (χ0v) is 9.64. The molecule has 1 fully saturated rings. The van der Waals surface area contributed by atoms with Crippen LogP contribution in [0.1, 0.15) is 19.8 Å². The molecule has 86 valence electrons. The van der Waals surface area contributed by atoms with Crippen molar-refractivity contribution in [1.29, 1.82) is 0 Å². The van der Waals surface area contributed by atoms with Crippen molar-refractivity contribution < 1.29 is 9.59 Å². The molecule has 0 spiro atoms. The van der Waals surface area contributed by atoms with Gasteiger partial charge < -0.3 is 0 Å². The SMILES string of the molecule is CC1=C2C(=O)N(c3ccccc3)C(=O)C2CC1. The first-order chi connectivity index (χ1) is 8.20. The first-order valence-electron chi connectivity index (χ1n) is 5.83. The molecule has 1 heterocycles. The molecular formula is C14H13NO2. The van der Waals surface area contributed by atoms with Crippen molar-refractivity contribution in [3.05, 3.63) is 41.5 Å². The number of fused-ring (bicyclic) bond motifs is 1. The Hall–Kier alpha value is -1.90. The van der Waals surface area contributed by atoms with E-state index in [1.807, 2.05) is 25.1 Å². The number of carbonyl (C=O) groups excluding carboxylic acids is 2. The smallest absolute Gasteiger partial charge is 0.261 e. The number of imide groups is 1. The number of amides is 2. The summed E-state index contributed by atoms with van der Waals surface area (Å²) in [6.45, 7) is 1.95. The van der Waals surface area contributed by atoms with Crippen LogP contribution in [0, 0.1) is 5.92 Å². The quantitative estimate of drug-likeness (QED) is 0.690. The van der Waals surface area contributed by atoms with Crippen LogP contribution in [0.15, 0.2) is 41.5 Å². The van der Waals surface area contributed by atoms with Crippen molar-refractivity contribution >= 4 is 17.5 Å². The Morgan fingerprint density at radius 3 is 2.53 bits per heavy atom. The van der Waals surface area contributed by atoms with Crippen LogP contribution < -0.4 is 4.90 Å². The van der Waals surface area contributed by atoms with E-state index in [0.717, 1.165) is 24.0 Å². The van der Waals surface area contributed by atoms with Gasteiger partial charge in [-0.25, -0.2) is 4.90 Å². The van der Waals surface area contributed by atoms with Crippen LogP contribution in [0.25, 0.3) is 0 Å². The second-order valence-corrected chi connectivity index (χ2v) is 4.60. The summed E-state index contributed by atoms with van der Waals surface area (Å²) >= 11 is 0. The molecule has 0 radical (unpaired) electrons. The molecule has 1 aliphatic heterocycles. The second-order valence-electron chi connectivity index (χ2n) is 4.60. The van der Waals surface area contributed by atoms with Gasteiger partial charge in [0.05, 0.1) is 11.6 Å². The highest BCUT2D eigenvalue weighted by molar-refractivity contribution is 6.29. The summed E-state index contributed by atoms with van der Waals surface area (Å²) in [6.07, 6.45) is 1.66. The van der Waals surface area contributed by atoms with Crippen LogP contribution in [-0.4, -0.2) is 11.8 Å². The van der Waals surface area contributed by atoms with Crippen molar-refractivity contribution in [1.82, 2.24) is 0 Å². The third kappa shape index (κ3) is 1.35. The normalized spacial score (nSPS) is 23.6. The Kier molecular flexibility index (Phi) is 2.15. The molecule has 0 N–H and O–H groups in total. The lowest BCUT2D eigenvalue weighted by atomic mass is 10.0. The predicted octanol–water partition coefficient (Wildman–Crippen LogP) is 2.29. The predicted molar refractivity (Wildman–Crippen MR) is 64.4 cm³/mol. The van der Waals surface area contributed by atoms with Gasteiger partial charge in [0, 0.05) is 5.57 Å². The standard InChI is InChI=1S/C14H13NO2/c1-9-7-8-11-12(9)14(17)15(13(11)16)10-5-3-2-4-6-10/h2-6,11H,7-8H2,1H3. The molecule has 1 unspecified atom stereocenters. The Morgan fingerprint density at radius 1 is 1.18 bits per heavy atom. The molecule has 0 saturated carbocycles. The number of nitrogens with zero attached hydrogens (tertiary/aromatic N) is 1. The summed E-state index contributed by atoms with van der Waals surface area (Å²) in [5.74, 6) is -0.378. The molecule has 3 nitrogen and oxygen atoms in total. The average molecular weight is 227 g/mol. The van der Waals surface area contributed by atoms with E-state index in [2.05, 4.69) is 0 Å². The van der Waals surface area contributed by atoms with E-state index in [9.17, 15) is 9.59 Å². The van der Waals surface area contributed by atoms with Gasteiger partial charge in [-0.1, -0.05) is 23.8 Å². The van der Waals surface area contributed by atoms with E-state index in [-0.39, 0.29) is 17.7 Å². The third-order valence-corrected chi connectivity index (χ3v) is 3.58. The van der Waals surface area contributed by atoms with Gasteiger partial charge in [0.1, 0.15) is 0 Å². The van der Waals surface area contributed by atoms with E-state index in [0.29, 0.717) is 5.69 Å². The van der Waals surface area contributed by atoms with Crippen LogP contribution in [-0.2, 0) is 9.59 Å². The minimum Gasteiger partial charge on any atom is -0.273 e. The van der Waals surface area contributed by atoms with Crippen LogP contribution >= 0.6 is 0 Å². The van der Waals surface area contributed by atoms with Gasteiger partial charge in [0.2, 0.25) is 5.91 Å². The zero-order chi connectivity index (χ0) is 12.0. The van der Waals surface area contributed by atoms with Gasteiger partial charge in [-0.3, -0.25) is 9.59 Å². The Balaban J connectivity index is 2.07. The third-order valence-electron chi connectivity index (χ3n) is 3.58. The van der Waals surface area contributed by atoms with Gasteiger partial charge >= 0.3 is 0 Å². The van der Waals surface area contributed by atoms with Crippen molar-refractivity contribution in [2.45, 2.75) is 19.8 Å². The van der Waals surface area contributed by atoms with E-state index in [4.69, 9.17) is 0 Å². The van der Waals surface area contributed by atoms with Crippen molar-refractivity contribution in [2.24, 2.45) is 5.92 Å². The molecule has 3 rings (SSSR count). The molecule has 1 aromatic carbocycles. The lowest BCUT2D eigenvalue weighted by Crippen LogP contribution is -2.30. The van der Waals surface area contributed by atoms with Gasteiger partial charge in [0.25, 0.3) is 5.91 Å². The maximum absolute atomic E-state index is 12.3. The summed E-state index contributed by atoms with van der Waals surface area (Å²) in [6, 6.07) is 9.15. The van der Waals surface area contributed by atoms with Crippen LogP contribution in [0.3, 0.4) is 0 Å². The molecule has 2 aliphatic rings. The highest BCUT2D eigenvalue weighted by Gasteiger charge is 2.47. The summed E-state index contributed by atoms with van der Waals surface area (Å²) in [7, 11) is 0. The van der Waals surface area contributed by atoms with Gasteiger partial charge in [-0.15, -0.1) is 0 Å². The largest absolute Gasteiger partial charge is 0.273 e. The van der Waals surface area contributed by atoms with Crippen LogP contribution in [0.2, 0.25) is 0 Å². The van der Waals surface area contributed by atoms with Gasteiger partial charge in [-0.05, 0) is 31.9 Å². The number of benzene rings is 1. The molecule has 2 amide bonds. The maximum Gasteiger partial charge on any atom is 0.261 e. The first-order valence-corrected chi connectivity index (χ1v) is 5.83. The molecule has 1 saturated heterocycles. The number of allylic oxidation sites excluding steroid dienone is 1. The molecule has 3 heteroatoms. The van der Waals surface area contributed by atoms with Crippen molar-refractivity contribution in [3.63, 3.8) is 0 Å². The lowest BCUT2D eigenvalue weighted by Gasteiger charge is -2.14. The number of rotatable bonds is 1. The Bertz CT molecular complexity index is 530. The molecule has 1 atom stereocenters. The van der Waals surface area contributed by atoms with Gasteiger partial charge in [-0.2, -0.15) is 0 Å². The number of hydrogen-bond acceptors (Lipinski definition) is 2. The number of carbonyl (C=O) groups is 2. The van der Waals surface area contributed by atoms with E-state index >= 15 is 0 Å². The van der Waals surface area contributed by atoms with Crippen molar-refractivity contribution in [3.8, 4) is 0 Å². The second kappa shape index (κ2) is 3.55. The number of anilines is 1. The highest BCUT2D eigenvalue weighted by atomic mass is 16.2. The van der Waals surface area contributed by atoms with E-state index < -0.39 is 0 Å². The average Bonchev–Trinajstić information content (AvgIpc) is 2.82.